The highest BCUT2D eigenvalue weighted by Gasteiger charge is 2.28. The number of rotatable bonds is 0. The van der Waals surface area contributed by atoms with Gasteiger partial charge in [-0.2, -0.15) is 0 Å². The SMILES string of the molecule is CC(C)(C)N1OCCc2cccnc21. The molecule has 3 heteroatoms. The number of hydrogen-bond acceptors (Lipinski definition) is 3. The molecule has 1 aliphatic rings. The van der Waals surface area contributed by atoms with Crippen molar-refractivity contribution in [1.29, 1.82) is 0 Å². The Morgan fingerprint density at radius 1 is 1.43 bits per heavy atom. The molecule has 0 fully saturated rings. The van der Waals surface area contributed by atoms with Gasteiger partial charge in [-0.1, -0.05) is 6.07 Å². The van der Waals surface area contributed by atoms with Gasteiger partial charge in [-0.3, -0.25) is 4.84 Å². The molecule has 0 amide bonds. The van der Waals surface area contributed by atoms with Crippen LogP contribution in [0.2, 0.25) is 0 Å². The molecule has 2 heterocycles. The van der Waals surface area contributed by atoms with E-state index in [9.17, 15) is 0 Å². The van der Waals surface area contributed by atoms with E-state index in [0.717, 1.165) is 18.8 Å². The second-order valence-corrected chi connectivity index (χ2v) is 4.53. The average molecular weight is 192 g/mol. The van der Waals surface area contributed by atoms with Crippen LogP contribution in [0.4, 0.5) is 5.82 Å². The van der Waals surface area contributed by atoms with E-state index < -0.39 is 0 Å². The molecule has 0 radical (unpaired) electrons. The molecule has 0 saturated heterocycles. The highest BCUT2D eigenvalue weighted by Crippen LogP contribution is 2.29. The minimum atomic E-state index is -0.0382. The molecule has 0 N–H and O–H groups in total. The Balaban J connectivity index is 2.41. The summed E-state index contributed by atoms with van der Waals surface area (Å²) >= 11 is 0. The summed E-state index contributed by atoms with van der Waals surface area (Å²) in [5, 5.41) is 1.91. The number of fused-ring (bicyclic) bond motifs is 1. The van der Waals surface area contributed by atoms with Crippen molar-refractivity contribution in [3.05, 3.63) is 23.9 Å². The fraction of sp³-hybridized carbons (Fsp3) is 0.545. The summed E-state index contributed by atoms with van der Waals surface area (Å²) in [7, 11) is 0. The second-order valence-electron chi connectivity index (χ2n) is 4.53. The number of aromatic nitrogens is 1. The number of hydrogen-bond donors (Lipinski definition) is 0. The van der Waals surface area contributed by atoms with Crippen molar-refractivity contribution in [3.8, 4) is 0 Å². The maximum Gasteiger partial charge on any atom is 0.156 e. The van der Waals surface area contributed by atoms with Crippen LogP contribution < -0.4 is 5.06 Å². The van der Waals surface area contributed by atoms with Crippen LogP contribution in [-0.4, -0.2) is 17.1 Å². The lowest BCUT2D eigenvalue weighted by molar-refractivity contribution is 0.0566. The minimum absolute atomic E-state index is 0.0382. The van der Waals surface area contributed by atoms with Gasteiger partial charge in [0, 0.05) is 12.6 Å². The van der Waals surface area contributed by atoms with Gasteiger partial charge in [0.25, 0.3) is 0 Å². The van der Waals surface area contributed by atoms with Crippen molar-refractivity contribution in [2.45, 2.75) is 32.7 Å². The normalized spacial score (nSPS) is 16.6. The Morgan fingerprint density at radius 2 is 2.21 bits per heavy atom. The summed E-state index contributed by atoms with van der Waals surface area (Å²) in [6, 6.07) is 4.09. The number of anilines is 1. The molecule has 2 rings (SSSR count). The Hall–Kier alpha value is -1.09. The maximum atomic E-state index is 5.64. The monoisotopic (exact) mass is 192 g/mol. The predicted octanol–water partition coefficient (Wildman–Crippen LogP) is 2.17. The van der Waals surface area contributed by atoms with E-state index in [1.807, 2.05) is 17.3 Å². The second kappa shape index (κ2) is 3.24. The molecule has 0 atom stereocenters. The number of pyridine rings is 1. The first-order valence-electron chi connectivity index (χ1n) is 4.96. The Morgan fingerprint density at radius 3 is 2.93 bits per heavy atom. The van der Waals surface area contributed by atoms with E-state index in [0.29, 0.717) is 0 Å². The average Bonchev–Trinajstić information content (AvgIpc) is 2.15. The van der Waals surface area contributed by atoms with E-state index >= 15 is 0 Å². The van der Waals surface area contributed by atoms with Gasteiger partial charge in [-0.25, -0.2) is 10.0 Å². The van der Waals surface area contributed by atoms with E-state index in [4.69, 9.17) is 4.84 Å². The Kier molecular flexibility index (Phi) is 2.19. The fourth-order valence-corrected chi connectivity index (χ4v) is 1.63. The highest BCUT2D eigenvalue weighted by atomic mass is 16.7. The summed E-state index contributed by atoms with van der Waals surface area (Å²) in [4.78, 5) is 10.0. The van der Waals surface area contributed by atoms with Crippen LogP contribution in [0, 0.1) is 0 Å². The van der Waals surface area contributed by atoms with Crippen molar-refractivity contribution < 1.29 is 4.84 Å². The van der Waals surface area contributed by atoms with Crippen LogP contribution in [0.1, 0.15) is 26.3 Å². The van der Waals surface area contributed by atoms with Gasteiger partial charge in [-0.05, 0) is 32.4 Å². The molecule has 0 aliphatic carbocycles. The summed E-state index contributed by atoms with van der Waals surface area (Å²) in [5.41, 5.74) is 1.23. The maximum absolute atomic E-state index is 5.64. The molecular weight excluding hydrogens is 176 g/mol. The van der Waals surface area contributed by atoms with Crippen LogP contribution in [0.15, 0.2) is 18.3 Å². The van der Waals surface area contributed by atoms with Crippen LogP contribution in [0.3, 0.4) is 0 Å². The summed E-state index contributed by atoms with van der Waals surface area (Å²) in [5.74, 6) is 0.964. The molecule has 14 heavy (non-hydrogen) atoms. The molecule has 0 saturated carbocycles. The zero-order valence-corrected chi connectivity index (χ0v) is 8.95. The van der Waals surface area contributed by atoms with Crippen molar-refractivity contribution in [3.63, 3.8) is 0 Å². The minimum Gasteiger partial charge on any atom is -0.271 e. The van der Waals surface area contributed by atoms with Gasteiger partial charge in [0.05, 0.1) is 12.1 Å². The largest absolute Gasteiger partial charge is 0.271 e. The number of nitrogens with zero attached hydrogens (tertiary/aromatic N) is 2. The lowest BCUT2D eigenvalue weighted by atomic mass is 10.1. The molecule has 0 spiro atoms. The first kappa shape index (κ1) is 9.46. The first-order valence-corrected chi connectivity index (χ1v) is 4.96. The predicted molar refractivity (Wildman–Crippen MR) is 56.1 cm³/mol. The molecule has 0 aromatic carbocycles. The zero-order valence-electron chi connectivity index (χ0n) is 8.95. The van der Waals surface area contributed by atoms with Gasteiger partial charge in [0.15, 0.2) is 5.82 Å². The summed E-state index contributed by atoms with van der Waals surface area (Å²) < 4.78 is 0. The lowest BCUT2D eigenvalue weighted by Crippen LogP contribution is -2.44. The molecule has 1 aliphatic heterocycles. The van der Waals surface area contributed by atoms with Crippen LogP contribution in [-0.2, 0) is 11.3 Å². The first-order chi connectivity index (χ1) is 6.59. The molecule has 1 aromatic rings. The van der Waals surface area contributed by atoms with Gasteiger partial charge in [0.2, 0.25) is 0 Å². The van der Waals surface area contributed by atoms with Crippen LogP contribution in [0.25, 0.3) is 0 Å². The molecule has 3 nitrogen and oxygen atoms in total. The Labute approximate surface area is 84.7 Å². The van der Waals surface area contributed by atoms with Crippen LogP contribution >= 0.6 is 0 Å². The van der Waals surface area contributed by atoms with Crippen molar-refractivity contribution in [2.24, 2.45) is 0 Å². The quantitative estimate of drug-likeness (QED) is 0.630. The van der Waals surface area contributed by atoms with Gasteiger partial charge >= 0.3 is 0 Å². The molecule has 0 bridgehead atoms. The van der Waals surface area contributed by atoms with Crippen molar-refractivity contribution in [1.82, 2.24) is 4.98 Å². The van der Waals surface area contributed by atoms with Crippen LogP contribution in [0.5, 0.6) is 0 Å². The summed E-state index contributed by atoms with van der Waals surface area (Å²) in [6.45, 7) is 7.11. The van der Waals surface area contributed by atoms with Gasteiger partial charge < -0.3 is 0 Å². The van der Waals surface area contributed by atoms with E-state index in [1.165, 1.54) is 5.56 Å². The molecule has 0 unspecified atom stereocenters. The third kappa shape index (κ3) is 1.60. The molecule has 1 aromatic heterocycles. The van der Waals surface area contributed by atoms with Crippen molar-refractivity contribution >= 4 is 5.82 Å². The topological polar surface area (TPSA) is 25.4 Å². The van der Waals surface area contributed by atoms with E-state index in [-0.39, 0.29) is 5.54 Å². The Bertz CT molecular complexity index is 330. The third-order valence-electron chi connectivity index (χ3n) is 2.26. The molecule has 76 valence electrons. The van der Waals surface area contributed by atoms with E-state index in [2.05, 4.69) is 31.8 Å². The van der Waals surface area contributed by atoms with Gasteiger partial charge in [0.1, 0.15) is 0 Å². The fourth-order valence-electron chi connectivity index (χ4n) is 1.63. The molecular formula is C11H16N2O. The van der Waals surface area contributed by atoms with Crippen molar-refractivity contribution in [2.75, 3.05) is 11.7 Å². The standard InChI is InChI=1S/C11H16N2O/c1-11(2,3)13-10-9(6-8-14-13)5-4-7-12-10/h4-5,7H,6,8H2,1-3H3. The highest BCUT2D eigenvalue weighted by molar-refractivity contribution is 5.47. The summed E-state index contributed by atoms with van der Waals surface area (Å²) in [6.07, 6.45) is 2.77. The zero-order chi connectivity index (χ0) is 10.2. The van der Waals surface area contributed by atoms with E-state index in [1.54, 1.807) is 0 Å². The smallest absolute Gasteiger partial charge is 0.156 e. The third-order valence-corrected chi connectivity index (χ3v) is 2.26. The van der Waals surface area contributed by atoms with Gasteiger partial charge in [-0.15, -0.1) is 0 Å². The lowest BCUT2D eigenvalue weighted by Gasteiger charge is -2.38. The number of hydroxylamine groups is 1.